The normalized spacial score (nSPS) is 12.1. The summed E-state index contributed by atoms with van der Waals surface area (Å²) in [5.74, 6) is -1.44. The number of aromatic hydroxyl groups is 1. The van der Waals surface area contributed by atoms with Crippen molar-refractivity contribution in [2.75, 3.05) is 0 Å². The number of aromatic carboxylic acids is 1. The van der Waals surface area contributed by atoms with Gasteiger partial charge in [-0.1, -0.05) is 12.1 Å². The fraction of sp³-hybridized carbons (Fsp3) is 0.300. The third-order valence-electron chi connectivity index (χ3n) is 2.15. The number of phenols is 1. The minimum Gasteiger partial charge on any atom is -0.507 e. The molecule has 0 spiro atoms. The van der Waals surface area contributed by atoms with E-state index in [2.05, 4.69) is 0 Å². The Bertz CT molecular complexity index is 379. The zero-order valence-electron chi connectivity index (χ0n) is 8.75. The summed E-state index contributed by atoms with van der Waals surface area (Å²) >= 11 is 0. The molecule has 0 saturated heterocycles. The van der Waals surface area contributed by atoms with Gasteiger partial charge >= 0.3 is 13.7 Å². The molecule has 85 valence electrons. The number of rotatable bonds is 5. The Morgan fingerprint density at radius 3 is 2.81 bits per heavy atom. The number of carbonyl (C=O) groups is 1. The minimum atomic E-state index is -1.18. The van der Waals surface area contributed by atoms with E-state index in [4.69, 9.17) is 14.8 Å². The van der Waals surface area contributed by atoms with Gasteiger partial charge in [0, 0.05) is 12.5 Å². The summed E-state index contributed by atoms with van der Waals surface area (Å²) in [6.45, 7) is 1.69. The first kappa shape index (κ1) is 12.5. The number of carboxylic acid groups (broad SMARTS) is 1. The molecule has 0 aliphatic heterocycles. The molecule has 0 bridgehead atoms. The Morgan fingerprint density at radius 2 is 2.25 bits per heavy atom. The second-order valence-electron chi connectivity index (χ2n) is 3.37. The molecule has 0 unspecified atom stereocenters. The maximum Gasteiger partial charge on any atom is 0.485 e. The average molecular weight is 223 g/mol. The second-order valence-corrected chi connectivity index (χ2v) is 3.37. The summed E-state index contributed by atoms with van der Waals surface area (Å²) in [6.07, 6.45) is -0.0377. The average Bonchev–Trinajstić information content (AvgIpc) is 2.21. The highest BCUT2D eigenvalue weighted by molar-refractivity contribution is 6.15. The largest absolute Gasteiger partial charge is 0.507 e. The molecule has 0 aliphatic carbocycles. The van der Waals surface area contributed by atoms with Crippen LogP contribution >= 0.6 is 0 Å². The quantitative estimate of drug-likeness (QED) is 0.635. The number of benzene rings is 1. The molecule has 0 amide bonds. The van der Waals surface area contributed by atoms with Crippen LogP contribution in [0.15, 0.2) is 18.2 Å². The summed E-state index contributed by atoms with van der Waals surface area (Å²) in [7, 11) is 0.572. The van der Waals surface area contributed by atoms with E-state index in [0.717, 1.165) is 0 Å². The van der Waals surface area contributed by atoms with Crippen molar-refractivity contribution in [3.63, 3.8) is 0 Å². The predicted molar refractivity (Wildman–Crippen MR) is 57.3 cm³/mol. The van der Waals surface area contributed by atoms with E-state index >= 15 is 0 Å². The molecule has 0 heterocycles. The van der Waals surface area contributed by atoms with E-state index in [1.165, 1.54) is 6.07 Å². The lowest BCUT2D eigenvalue weighted by Crippen LogP contribution is -2.14. The van der Waals surface area contributed by atoms with Crippen LogP contribution in [-0.2, 0) is 11.1 Å². The van der Waals surface area contributed by atoms with E-state index in [-0.39, 0.29) is 17.4 Å². The molecule has 0 saturated carbocycles. The summed E-state index contributed by atoms with van der Waals surface area (Å²) < 4.78 is 4.77. The van der Waals surface area contributed by atoms with Crippen LogP contribution in [0.4, 0.5) is 0 Å². The third-order valence-corrected chi connectivity index (χ3v) is 2.15. The van der Waals surface area contributed by atoms with E-state index in [1.807, 2.05) is 0 Å². The molecule has 5 nitrogen and oxygen atoms in total. The smallest absolute Gasteiger partial charge is 0.485 e. The van der Waals surface area contributed by atoms with Gasteiger partial charge in [-0.3, -0.25) is 0 Å². The van der Waals surface area contributed by atoms with Gasteiger partial charge in [-0.25, -0.2) is 4.79 Å². The summed E-state index contributed by atoms with van der Waals surface area (Å²) in [5.41, 5.74) is 0.326. The van der Waals surface area contributed by atoms with Gasteiger partial charge in [0.2, 0.25) is 0 Å². The fourth-order valence-corrected chi connectivity index (χ4v) is 1.39. The van der Waals surface area contributed by atoms with Gasteiger partial charge in [-0.15, -0.1) is 0 Å². The first-order valence-electron chi connectivity index (χ1n) is 4.71. The number of carboxylic acids is 1. The van der Waals surface area contributed by atoms with Crippen molar-refractivity contribution in [2.24, 2.45) is 0 Å². The Kier molecular flexibility index (Phi) is 4.33. The fourth-order valence-electron chi connectivity index (χ4n) is 1.39. The standard InChI is InChI=1S/C10H12BO5/c1-6(16-11-15)5-7-3-2-4-8(9(7)12)10(13)14/h2-4,6,12,15H,5H2,1H3,(H,13,14)/t6-/m0/s1. The Morgan fingerprint density at radius 1 is 1.56 bits per heavy atom. The zero-order chi connectivity index (χ0) is 12.1. The highest BCUT2D eigenvalue weighted by Crippen LogP contribution is 2.24. The van der Waals surface area contributed by atoms with Crippen LogP contribution in [0.2, 0.25) is 0 Å². The molecule has 1 atom stereocenters. The van der Waals surface area contributed by atoms with Gasteiger partial charge in [-0.2, -0.15) is 0 Å². The van der Waals surface area contributed by atoms with Crippen molar-refractivity contribution < 1.29 is 24.7 Å². The topological polar surface area (TPSA) is 87.0 Å². The van der Waals surface area contributed by atoms with Crippen molar-refractivity contribution in [1.29, 1.82) is 0 Å². The maximum atomic E-state index is 10.7. The van der Waals surface area contributed by atoms with Gasteiger partial charge in [0.1, 0.15) is 11.3 Å². The molecule has 1 aromatic rings. The second kappa shape index (κ2) is 5.53. The highest BCUT2D eigenvalue weighted by atomic mass is 16.5. The van der Waals surface area contributed by atoms with Gasteiger partial charge in [-0.05, 0) is 18.6 Å². The summed E-state index contributed by atoms with van der Waals surface area (Å²) in [4.78, 5) is 10.7. The molecule has 1 rings (SSSR count). The van der Waals surface area contributed by atoms with E-state index in [0.29, 0.717) is 19.7 Å². The first-order chi connectivity index (χ1) is 7.56. The van der Waals surface area contributed by atoms with Crippen LogP contribution in [0.25, 0.3) is 0 Å². The molecule has 0 aliphatic rings. The molecule has 0 aromatic heterocycles. The van der Waals surface area contributed by atoms with Crippen molar-refractivity contribution in [2.45, 2.75) is 19.4 Å². The highest BCUT2D eigenvalue weighted by Gasteiger charge is 2.14. The minimum absolute atomic E-state index is 0.141. The van der Waals surface area contributed by atoms with E-state index < -0.39 is 5.97 Å². The maximum absolute atomic E-state index is 10.7. The van der Waals surface area contributed by atoms with E-state index in [9.17, 15) is 9.90 Å². The van der Waals surface area contributed by atoms with Gasteiger partial charge in [0.15, 0.2) is 0 Å². The lowest BCUT2D eigenvalue weighted by Gasteiger charge is -2.12. The monoisotopic (exact) mass is 223 g/mol. The molecular weight excluding hydrogens is 211 g/mol. The summed E-state index contributed by atoms with van der Waals surface area (Å²) in [5, 5.41) is 26.9. The molecule has 6 heteroatoms. The van der Waals surface area contributed by atoms with E-state index in [1.54, 1.807) is 19.1 Å². The van der Waals surface area contributed by atoms with Crippen LogP contribution in [-0.4, -0.2) is 35.0 Å². The van der Waals surface area contributed by atoms with Gasteiger partial charge in [0.05, 0.1) is 0 Å². The SMILES string of the molecule is C[C@@H](Cc1cccc(C(=O)O)c1O)O[B]O. The molecular formula is C10H12BO5. The van der Waals surface area contributed by atoms with Crippen molar-refractivity contribution in [3.05, 3.63) is 29.3 Å². The molecule has 0 fully saturated rings. The lowest BCUT2D eigenvalue weighted by atomic mass is 10.0. The van der Waals surface area contributed by atoms with Crippen LogP contribution in [0, 0.1) is 0 Å². The molecule has 1 radical (unpaired) electrons. The van der Waals surface area contributed by atoms with Gasteiger partial charge in [0.25, 0.3) is 0 Å². The van der Waals surface area contributed by atoms with Crippen molar-refractivity contribution in [3.8, 4) is 5.75 Å². The lowest BCUT2D eigenvalue weighted by molar-refractivity contribution is 0.0693. The zero-order valence-corrected chi connectivity index (χ0v) is 8.75. The molecule has 16 heavy (non-hydrogen) atoms. The Balaban J connectivity index is 2.89. The van der Waals surface area contributed by atoms with Crippen molar-refractivity contribution in [1.82, 2.24) is 0 Å². The van der Waals surface area contributed by atoms with Crippen LogP contribution in [0.3, 0.4) is 0 Å². The summed E-state index contributed by atoms with van der Waals surface area (Å²) in [6, 6.07) is 4.48. The number of para-hydroxylation sites is 1. The Labute approximate surface area is 93.6 Å². The van der Waals surface area contributed by atoms with Crippen LogP contribution in [0.5, 0.6) is 5.75 Å². The first-order valence-corrected chi connectivity index (χ1v) is 4.71. The number of hydrogen-bond acceptors (Lipinski definition) is 4. The Hall–Kier alpha value is -1.53. The van der Waals surface area contributed by atoms with Crippen molar-refractivity contribution >= 4 is 13.7 Å². The van der Waals surface area contributed by atoms with Gasteiger partial charge < -0.3 is 19.9 Å². The molecule has 3 N–H and O–H groups in total. The third kappa shape index (κ3) is 2.98. The van der Waals surface area contributed by atoms with Crippen LogP contribution in [0.1, 0.15) is 22.8 Å². The van der Waals surface area contributed by atoms with Crippen LogP contribution < -0.4 is 0 Å². The predicted octanol–water partition coefficient (Wildman–Crippen LogP) is 0.564. The number of hydrogen-bond donors (Lipinski definition) is 3. The molecule has 1 aromatic carbocycles.